The molecule has 0 atom stereocenters. The molecule has 0 fully saturated rings. The fourth-order valence-electron chi connectivity index (χ4n) is 1.49. The van der Waals surface area contributed by atoms with Gasteiger partial charge in [-0.05, 0) is 0 Å². The molecular formula is C12H26AlNaO5S. The second-order valence-corrected chi connectivity index (χ2v) is 4.91. The number of hydrogen-bond donors (Lipinski definition) is 0. The summed E-state index contributed by atoms with van der Waals surface area (Å²) in [6, 6.07) is 0. The van der Waals surface area contributed by atoms with Crippen LogP contribution in [0.4, 0.5) is 0 Å². The van der Waals surface area contributed by atoms with E-state index in [1.54, 1.807) is 0 Å². The van der Waals surface area contributed by atoms with Gasteiger partial charge in [-0.25, -0.2) is 0 Å². The van der Waals surface area contributed by atoms with Crippen LogP contribution in [-0.2, 0) is 10.4 Å². The third kappa shape index (κ3) is 60.8. The summed E-state index contributed by atoms with van der Waals surface area (Å²) in [7, 11) is -5.17. The molecular weight excluding hydrogens is 306 g/mol. The SMILES string of the molecule is O=S(=O)([O-])[O-].[Al+3].[CH2-]CCCCCCCCCCC.[Na+].[OH-]. The first-order chi connectivity index (χ1) is 7.91. The van der Waals surface area contributed by atoms with Crippen LogP contribution in [0.1, 0.15) is 71.1 Å². The smallest absolute Gasteiger partial charge is 0.870 e. The maximum absolute atomic E-state index is 8.52. The fraction of sp³-hybridized carbons (Fsp3) is 0.917. The van der Waals surface area contributed by atoms with Crippen molar-refractivity contribution < 1.29 is 52.6 Å². The van der Waals surface area contributed by atoms with Crippen LogP contribution >= 0.6 is 0 Å². The number of hydrogen-bond acceptors (Lipinski definition) is 5. The second kappa shape index (κ2) is 25.3. The van der Waals surface area contributed by atoms with Gasteiger partial charge < -0.3 is 21.5 Å². The first kappa shape index (κ1) is 33.1. The van der Waals surface area contributed by atoms with E-state index in [4.69, 9.17) is 17.5 Å². The molecule has 0 saturated heterocycles. The van der Waals surface area contributed by atoms with E-state index in [1.165, 1.54) is 57.8 Å². The minimum absolute atomic E-state index is 0. The summed E-state index contributed by atoms with van der Waals surface area (Å²) in [4.78, 5) is 0. The van der Waals surface area contributed by atoms with E-state index in [-0.39, 0.29) is 52.4 Å². The van der Waals surface area contributed by atoms with Crippen LogP contribution in [-0.4, -0.2) is 40.4 Å². The Labute approximate surface area is 157 Å². The molecule has 8 heteroatoms. The van der Waals surface area contributed by atoms with E-state index < -0.39 is 10.4 Å². The molecule has 0 aromatic carbocycles. The van der Waals surface area contributed by atoms with Gasteiger partial charge in [0.2, 0.25) is 0 Å². The minimum atomic E-state index is -5.17. The van der Waals surface area contributed by atoms with Gasteiger partial charge in [0.05, 0.1) is 0 Å². The number of unbranched alkanes of at least 4 members (excludes halogenated alkanes) is 9. The normalized spacial score (nSPS) is 9.20. The Hall–Kier alpha value is 1.36. The monoisotopic (exact) mass is 332 g/mol. The van der Waals surface area contributed by atoms with Crippen molar-refractivity contribution in [2.75, 3.05) is 0 Å². The Morgan fingerprint density at radius 2 is 1.10 bits per heavy atom. The molecule has 0 radical (unpaired) electrons. The van der Waals surface area contributed by atoms with Crippen LogP contribution in [0, 0.1) is 6.92 Å². The zero-order valence-electron chi connectivity index (χ0n) is 12.8. The Bertz CT molecular complexity index is 220. The van der Waals surface area contributed by atoms with Gasteiger partial charge >= 0.3 is 46.9 Å². The van der Waals surface area contributed by atoms with E-state index >= 15 is 0 Å². The predicted octanol–water partition coefficient (Wildman–Crippen LogP) is -0.150. The topological polar surface area (TPSA) is 110 Å². The van der Waals surface area contributed by atoms with Crippen LogP contribution in [0.15, 0.2) is 0 Å². The van der Waals surface area contributed by atoms with E-state index in [9.17, 15) is 0 Å². The molecule has 5 nitrogen and oxygen atoms in total. The van der Waals surface area contributed by atoms with Crippen molar-refractivity contribution in [2.24, 2.45) is 0 Å². The van der Waals surface area contributed by atoms with Gasteiger partial charge in [-0.15, -0.1) is 0 Å². The summed E-state index contributed by atoms with van der Waals surface area (Å²) in [6.45, 7) is 6.12. The third-order valence-corrected chi connectivity index (χ3v) is 2.35. The van der Waals surface area contributed by atoms with E-state index in [2.05, 4.69) is 13.8 Å². The van der Waals surface area contributed by atoms with Crippen LogP contribution in [0.5, 0.6) is 0 Å². The van der Waals surface area contributed by atoms with Crippen molar-refractivity contribution in [3.05, 3.63) is 6.92 Å². The summed E-state index contributed by atoms with van der Waals surface area (Å²) in [5.41, 5.74) is 0. The fourth-order valence-corrected chi connectivity index (χ4v) is 1.49. The maximum atomic E-state index is 8.52. The van der Waals surface area contributed by atoms with E-state index in [0.29, 0.717) is 0 Å². The van der Waals surface area contributed by atoms with E-state index in [0.717, 1.165) is 6.42 Å². The van der Waals surface area contributed by atoms with Gasteiger partial charge in [0.25, 0.3) is 0 Å². The molecule has 0 unspecified atom stereocenters. The molecule has 1 N–H and O–H groups in total. The van der Waals surface area contributed by atoms with Crippen LogP contribution in [0.25, 0.3) is 0 Å². The van der Waals surface area contributed by atoms with Crippen molar-refractivity contribution in [2.45, 2.75) is 71.1 Å². The Morgan fingerprint density at radius 3 is 1.35 bits per heavy atom. The molecule has 0 heterocycles. The average molecular weight is 332 g/mol. The standard InChI is InChI=1S/C12H25.Al.Na.H2O4S.H2O/c1-3-5-7-9-11-12-10-8-6-4-2;;;1-5(2,3)4;/h1,3-12H2,2H3;;;(H2,1,2,3,4);1H2/q-1;+3;+1;;/p-3. The van der Waals surface area contributed by atoms with Gasteiger partial charge in [-0.2, -0.15) is 6.42 Å². The third-order valence-electron chi connectivity index (χ3n) is 2.35. The molecule has 114 valence electrons. The Morgan fingerprint density at radius 1 is 0.850 bits per heavy atom. The van der Waals surface area contributed by atoms with Gasteiger partial charge in [0.1, 0.15) is 0 Å². The molecule has 0 aliphatic rings. The van der Waals surface area contributed by atoms with Crippen LogP contribution in [0.3, 0.4) is 0 Å². The first-order valence-corrected chi connectivity index (χ1v) is 7.71. The van der Waals surface area contributed by atoms with E-state index in [1.807, 2.05) is 0 Å². The molecule has 0 spiro atoms. The zero-order valence-corrected chi connectivity index (χ0v) is 16.8. The Kier molecular flexibility index (Phi) is 41.9. The van der Waals surface area contributed by atoms with Crippen LogP contribution in [0.2, 0.25) is 0 Å². The second-order valence-electron chi connectivity index (χ2n) is 4.09. The van der Waals surface area contributed by atoms with Crippen LogP contribution < -0.4 is 29.6 Å². The van der Waals surface area contributed by atoms with Crippen molar-refractivity contribution in [1.82, 2.24) is 0 Å². The van der Waals surface area contributed by atoms with Crippen molar-refractivity contribution in [1.29, 1.82) is 0 Å². The summed E-state index contributed by atoms with van der Waals surface area (Å²) in [5, 5.41) is 0. The molecule has 0 rings (SSSR count). The van der Waals surface area contributed by atoms with Crippen molar-refractivity contribution >= 4 is 27.8 Å². The molecule has 0 saturated carbocycles. The number of rotatable bonds is 9. The van der Waals surface area contributed by atoms with Gasteiger partial charge in [0.15, 0.2) is 0 Å². The zero-order chi connectivity index (χ0) is 13.6. The molecule has 20 heavy (non-hydrogen) atoms. The average Bonchev–Trinajstić information content (AvgIpc) is 2.20. The molecule has 0 aromatic rings. The summed E-state index contributed by atoms with van der Waals surface area (Å²) in [6.07, 6.45) is 13.9. The molecule has 0 aliphatic heterocycles. The quantitative estimate of drug-likeness (QED) is 0.192. The van der Waals surface area contributed by atoms with Crippen molar-refractivity contribution in [3.63, 3.8) is 0 Å². The maximum Gasteiger partial charge on any atom is 3.00 e. The van der Waals surface area contributed by atoms with Gasteiger partial charge in [0, 0.05) is 10.4 Å². The summed E-state index contributed by atoms with van der Waals surface area (Å²) < 4.78 is 34.1. The van der Waals surface area contributed by atoms with Gasteiger partial charge in [-0.1, -0.05) is 64.7 Å². The predicted molar refractivity (Wildman–Crippen MR) is 75.4 cm³/mol. The molecule has 0 aromatic heterocycles. The molecule has 0 amide bonds. The first-order valence-electron chi connectivity index (χ1n) is 6.37. The molecule has 0 aliphatic carbocycles. The Balaban J connectivity index is -0.0000000821. The molecule has 0 bridgehead atoms. The summed E-state index contributed by atoms with van der Waals surface area (Å²) in [5.74, 6) is 0. The summed E-state index contributed by atoms with van der Waals surface area (Å²) >= 11 is 0. The minimum Gasteiger partial charge on any atom is -0.870 e. The van der Waals surface area contributed by atoms with Gasteiger partial charge in [-0.3, -0.25) is 8.42 Å². The largest absolute Gasteiger partial charge is 3.00 e. The van der Waals surface area contributed by atoms with Crippen molar-refractivity contribution in [3.8, 4) is 0 Å².